The smallest absolute Gasteiger partial charge is 0.186 e. The van der Waals surface area contributed by atoms with Crippen molar-refractivity contribution in [3.05, 3.63) is 10.6 Å². The average molecular weight is 308 g/mol. The Labute approximate surface area is 133 Å². The largest absolute Gasteiger partial charge is 0.345 e. The number of anilines is 1. The minimum absolute atomic E-state index is 0.519. The molecular formula is C17H29N3S. The van der Waals surface area contributed by atoms with Crippen molar-refractivity contribution in [2.24, 2.45) is 11.8 Å². The van der Waals surface area contributed by atoms with E-state index in [1.807, 2.05) is 11.3 Å². The summed E-state index contributed by atoms with van der Waals surface area (Å²) in [5, 5.41) is 4.87. The molecule has 2 aliphatic rings. The zero-order valence-electron chi connectivity index (χ0n) is 13.9. The summed E-state index contributed by atoms with van der Waals surface area (Å²) in [7, 11) is 0. The molecule has 2 fully saturated rings. The molecule has 1 aromatic rings. The summed E-state index contributed by atoms with van der Waals surface area (Å²) in [6.07, 6.45) is 4.21. The number of hydrogen-bond acceptors (Lipinski definition) is 4. The minimum Gasteiger partial charge on any atom is -0.345 e. The fourth-order valence-electron chi connectivity index (χ4n) is 3.68. The Morgan fingerprint density at radius 1 is 1.29 bits per heavy atom. The summed E-state index contributed by atoms with van der Waals surface area (Å²) in [4.78, 5) is 9.05. The second-order valence-corrected chi connectivity index (χ2v) is 8.53. The van der Waals surface area contributed by atoms with Crippen LogP contribution in [0.25, 0.3) is 0 Å². The average Bonchev–Trinajstić information content (AvgIpc) is 3.12. The highest BCUT2D eigenvalue weighted by Crippen LogP contribution is 2.42. The zero-order valence-corrected chi connectivity index (χ0v) is 14.7. The van der Waals surface area contributed by atoms with E-state index in [0.29, 0.717) is 11.8 Å². The quantitative estimate of drug-likeness (QED) is 0.861. The van der Waals surface area contributed by atoms with Gasteiger partial charge in [-0.25, -0.2) is 4.98 Å². The Balaban J connectivity index is 1.73. The Bertz CT molecular complexity index is 480. The molecule has 4 heteroatoms. The van der Waals surface area contributed by atoms with Gasteiger partial charge in [0.2, 0.25) is 0 Å². The van der Waals surface area contributed by atoms with E-state index in [2.05, 4.69) is 37.9 Å². The van der Waals surface area contributed by atoms with Crippen LogP contribution in [0.5, 0.6) is 0 Å². The first-order valence-electron chi connectivity index (χ1n) is 8.51. The molecule has 2 bridgehead atoms. The molecule has 3 rings (SSSR count). The molecule has 1 N–H and O–H groups in total. The van der Waals surface area contributed by atoms with Crippen LogP contribution in [0, 0.1) is 11.8 Å². The molecule has 1 aliphatic carbocycles. The molecule has 1 aliphatic heterocycles. The maximum atomic E-state index is 5.01. The number of nitrogens with zero attached hydrogens (tertiary/aromatic N) is 2. The third-order valence-electron chi connectivity index (χ3n) is 4.76. The molecule has 0 amide bonds. The lowest BCUT2D eigenvalue weighted by atomic mass is 10.1. The van der Waals surface area contributed by atoms with Crippen molar-refractivity contribution in [1.82, 2.24) is 10.3 Å². The van der Waals surface area contributed by atoms with Gasteiger partial charge in [0.25, 0.3) is 0 Å². The van der Waals surface area contributed by atoms with Gasteiger partial charge >= 0.3 is 0 Å². The van der Waals surface area contributed by atoms with Crippen molar-refractivity contribution < 1.29 is 0 Å². The molecule has 3 nitrogen and oxygen atoms in total. The number of rotatable bonds is 6. The summed E-state index contributed by atoms with van der Waals surface area (Å²) in [6.45, 7) is 12.4. The molecule has 1 saturated carbocycles. The van der Waals surface area contributed by atoms with E-state index in [1.165, 1.54) is 41.5 Å². The number of hydrogen-bond donors (Lipinski definition) is 1. The number of aromatic nitrogens is 1. The Hall–Kier alpha value is -0.610. The van der Waals surface area contributed by atoms with Gasteiger partial charge in [0.05, 0.1) is 5.69 Å². The van der Waals surface area contributed by atoms with Crippen LogP contribution in [0.4, 0.5) is 5.13 Å². The number of nitrogens with one attached hydrogen (secondary N) is 1. The predicted molar refractivity (Wildman–Crippen MR) is 91.2 cm³/mol. The first-order valence-corrected chi connectivity index (χ1v) is 9.33. The van der Waals surface area contributed by atoms with Gasteiger partial charge < -0.3 is 10.2 Å². The highest BCUT2D eigenvalue weighted by molar-refractivity contribution is 7.15. The molecule has 2 atom stereocenters. The van der Waals surface area contributed by atoms with Crippen molar-refractivity contribution in [2.45, 2.75) is 65.5 Å². The summed E-state index contributed by atoms with van der Waals surface area (Å²) < 4.78 is 0. The molecule has 0 spiro atoms. The minimum atomic E-state index is 0.519. The maximum Gasteiger partial charge on any atom is 0.186 e. The van der Waals surface area contributed by atoms with E-state index >= 15 is 0 Å². The van der Waals surface area contributed by atoms with Gasteiger partial charge in [-0.05, 0) is 43.6 Å². The highest BCUT2D eigenvalue weighted by Gasteiger charge is 2.39. The second kappa shape index (κ2) is 6.25. The van der Waals surface area contributed by atoms with E-state index in [1.54, 1.807) is 0 Å². The second-order valence-electron chi connectivity index (χ2n) is 7.47. The number of thiazole rings is 1. The van der Waals surface area contributed by atoms with Gasteiger partial charge in [0, 0.05) is 24.0 Å². The van der Waals surface area contributed by atoms with E-state index in [9.17, 15) is 0 Å². The van der Waals surface area contributed by atoms with E-state index in [0.717, 1.165) is 25.0 Å². The van der Waals surface area contributed by atoms with Crippen molar-refractivity contribution in [2.75, 3.05) is 18.0 Å². The summed E-state index contributed by atoms with van der Waals surface area (Å²) in [5.74, 6) is 2.16. The first kappa shape index (κ1) is 15.3. The van der Waals surface area contributed by atoms with Crippen LogP contribution in [0.15, 0.2) is 0 Å². The lowest BCUT2D eigenvalue weighted by Crippen LogP contribution is -2.31. The van der Waals surface area contributed by atoms with Gasteiger partial charge in [-0.2, -0.15) is 0 Å². The Morgan fingerprint density at radius 3 is 2.67 bits per heavy atom. The van der Waals surface area contributed by atoms with Gasteiger partial charge in [-0.1, -0.05) is 27.7 Å². The molecule has 118 valence electrons. The lowest BCUT2D eigenvalue weighted by molar-refractivity contribution is 0.551. The third-order valence-corrected chi connectivity index (χ3v) is 5.86. The van der Waals surface area contributed by atoms with Crippen molar-refractivity contribution >= 4 is 16.5 Å². The molecule has 21 heavy (non-hydrogen) atoms. The van der Waals surface area contributed by atoms with Crippen molar-refractivity contribution in [1.29, 1.82) is 0 Å². The first-order chi connectivity index (χ1) is 10.0. The molecule has 2 heterocycles. The maximum absolute atomic E-state index is 5.01. The van der Waals surface area contributed by atoms with Crippen LogP contribution >= 0.6 is 11.3 Å². The molecule has 0 radical (unpaired) electrons. The van der Waals surface area contributed by atoms with Crippen molar-refractivity contribution in [3.8, 4) is 0 Å². The lowest BCUT2D eigenvalue weighted by Gasteiger charge is -2.26. The summed E-state index contributed by atoms with van der Waals surface area (Å²) >= 11 is 1.93. The predicted octanol–water partition coefficient (Wildman–Crippen LogP) is 4.00. The summed E-state index contributed by atoms with van der Waals surface area (Å²) in [5.41, 5.74) is 1.31. The van der Waals surface area contributed by atoms with Crippen LogP contribution in [0.2, 0.25) is 0 Å². The molecular weight excluding hydrogens is 278 g/mol. The third kappa shape index (κ3) is 3.26. The van der Waals surface area contributed by atoms with Crippen LogP contribution in [-0.2, 0) is 6.54 Å². The monoisotopic (exact) mass is 307 g/mol. The van der Waals surface area contributed by atoms with Crippen LogP contribution in [0.1, 0.15) is 63.4 Å². The van der Waals surface area contributed by atoms with Gasteiger partial charge in [0.15, 0.2) is 5.13 Å². The zero-order chi connectivity index (χ0) is 15.0. The van der Waals surface area contributed by atoms with Crippen molar-refractivity contribution in [3.63, 3.8) is 0 Å². The van der Waals surface area contributed by atoms with E-state index in [-0.39, 0.29) is 0 Å². The van der Waals surface area contributed by atoms with Crippen LogP contribution in [-0.4, -0.2) is 24.1 Å². The molecule has 1 aromatic heterocycles. The highest BCUT2D eigenvalue weighted by atomic mass is 32.1. The number of piperidine rings is 1. The fraction of sp³-hybridized carbons (Fsp3) is 0.824. The molecule has 1 saturated heterocycles. The summed E-state index contributed by atoms with van der Waals surface area (Å²) in [6, 6.07) is 0.776. The SMILES string of the molecule is CC(C)CNCc1sc(N2CC3CCC2C3)nc1C(C)C. The van der Waals surface area contributed by atoms with E-state index < -0.39 is 0 Å². The molecule has 0 aromatic carbocycles. The van der Waals surface area contributed by atoms with Crippen LogP contribution < -0.4 is 10.2 Å². The normalized spacial score (nSPS) is 24.8. The standard InChI is InChI=1S/C17H29N3S/c1-11(2)8-18-9-15-16(12(3)4)19-17(21-15)20-10-13-5-6-14(20)7-13/h11-14,18H,5-10H2,1-4H3. The Morgan fingerprint density at radius 2 is 2.10 bits per heavy atom. The van der Waals surface area contributed by atoms with Gasteiger partial charge in [-0.15, -0.1) is 11.3 Å². The van der Waals surface area contributed by atoms with Gasteiger partial charge in [0.1, 0.15) is 0 Å². The molecule has 2 unspecified atom stereocenters. The fourth-order valence-corrected chi connectivity index (χ4v) is 4.95. The van der Waals surface area contributed by atoms with E-state index in [4.69, 9.17) is 4.98 Å². The Kier molecular flexibility index (Phi) is 4.55. The van der Waals surface area contributed by atoms with Crippen LogP contribution in [0.3, 0.4) is 0 Å². The van der Waals surface area contributed by atoms with Gasteiger partial charge in [-0.3, -0.25) is 0 Å². The topological polar surface area (TPSA) is 28.2 Å². The number of fused-ring (bicyclic) bond motifs is 2.